The van der Waals surface area contributed by atoms with Gasteiger partial charge in [0.25, 0.3) is 0 Å². The van der Waals surface area contributed by atoms with Crippen molar-refractivity contribution >= 4 is 29.3 Å². The van der Waals surface area contributed by atoms with Crippen molar-refractivity contribution in [3.63, 3.8) is 0 Å². The molecule has 170 valence electrons. The maximum Gasteiger partial charge on any atom is 0.238 e. The lowest BCUT2D eigenvalue weighted by atomic mass is 10.1. The molecule has 0 spiro atoms. The number of carbonyl (C=O) groups excluding carboxylic acids is 2. The molecular weight excluding hydrogens is 451 g/mol. The average molecular weight is 473 g/mol. The quantitative estimate of drug-likeness (QED) is 0.423. The van der Waals surface area contributed by atoms with Gasteiger partial charge in [0.05, 0.1) is 22.3 Å². The number of aromatic nitrogens is 2. The number of thioether (sulfide) groups is 1. The van der Waals surface area contributed by atoms with E-state index in [-0.39, 0.29) is 30.6 Å². The summed E-state index contributed by atoms with van der Waals surface area (Å²) in [5, 5.41) is 9.96. The van der Waals surface area contributed by atoms with Crippen molar-refractivity contribution in [3.8, 4) is 16.9 Å². The van der Waals surface area contributed by atoms with Gasteiger partial charge in [-0.25, -0.2) is 9.07 Å². The first-order valence-corrected chi connectivity index (χ1v) is 11.7. The number of carbonyl (C=O) groups is 2. The molecule has 1 aromatic heterocycles. The Balaban J connectivity index is 1.32. The molecule has 6 nitrogen and oxygen atoms in total. The first-order chi connectivity index (χ1) is 16.6. The number of nitrogens with one attached hydrogen (secondary N) is 2. The zero-order valence-electron chi connectivity index (χ0n) is 18.1. The number of halogens is 1. The highest BCUT2D eigenvalue weighted by Crippen LogP contribution is 2.36. The van der Waals surface area contributed by atoms with Gasteiger partial charge in [-0.2, -0.15) is 5.10 Å². The van der Waals surface area contributed by atoms with E-state index in [0.717, 1.165) is 27.4 Å². The molecule has 0 fully saturated rings. The number of hydrogen-bond donors (Lipinski definition) is 2. The molecule has 5 rings (SSSR count). The minimum absolute atomic E-state index is 0.0591. The third kappa shape index (κ3) is 4.72. The Morgan fingerprint density at radius 1 is 1.03 bits per heavy atom. The Kier molecular flexibility index (Phi) is 6.14. The number of benzene rings is 3. The van der Waals surface area contributed by atoms with Gasteiger partial charge in [0.1, 0.15) is 5.82 Å². The van der Waals surface area contributed by atoms with Crippen LogP contribution < -0.4 is 10.6 Å². The van der Waals surface area contributed by atoms with E-state index >= 15 is 0 Å². The van der Waals surface area contributed by atoms with Crippen LogP contribution in [0, 0.1) is 5.82 Å². The molecule has 1 atom stereocenters. The summed E-state index contributed by atoms with van der Waals surface area (Å²) in [5.41, 5.74) is 3.83. The lowest BCUT2D eigenvalue weighted by Crippen LogP contribution is -2.34. The standard InChI is InChI=1S/C26H21FN4O2S/c27-19-12-10-17(11-13-19)25-18(16-31(30-25)20-6-2-1-3-7-20)15-28-24(32)14-23-26(33)29-21-8-4-5-9-22(21)34-23/h1-13,16,23H,14-15H2,(H,28,32)(H,29,33)/t23-/m1/s1. The van der Waals surface area contributed by atoms with E-state index in [1.807, 2.05) is 60.8 Å². The van der Waals surface area contributed by atoms with Gasteiger partial charge in [-0.05, 0) is 48.5 Å². The Morgan fingerprint density at radius 3 is 2.56 bits per heavy atom. The van der Waals surface area contributed by atoms with Crippen molar-refractivity contribution in [2.24, 2.45) is 0 Å². The molecule has 0 unspecified atom stereocenters. The highest BCUT2D eigenvalue weighted by Gasteiger charge is 2.28. The van der Waals surface area contributed by atoms with Crippen molar-refractivity contribution < 1.29 is 14.0 Å². The second-order valence-electron chi connectivity index (χ2n) is 7.86. The Bertz CT molecular complexity index is 1340. The molecule has 34 heavy (non-hydrogen) atoms. The van der Waals surface area contributed by atoms with E-state index in [1.165, 1.54) is 23.9 Å². The topological polar surface area (TPSA) is 76.0 Å². The summed E-state index contributed by atoms with van der Waals surface area (Å²) in [4.78, 5) is 26.1. The summed E-state index contributed by atoms with van der Waals surface area (Å²) in [6, 6.07) is 23.3. The van der Waals surface area contributed by atoms with Gasteiger partial charge in [-0.15, -0.1) is 11.8 Å². The first-order valence-electron chi connectivity index (χ1n) is 10.8. The van der Waals surface area contributed by atoms with E-state index in [2.05, 4.69) is 15.7 Å². The fourth-order valence-electron chi connectivity index (χ4n) is 3.76. The molecule has 0 saturated carbocycles. The van der Waals surface area contributed by atoms with Gasteiger partial charge >= 0.3 is 0 Å². The van der Waals surface area contributed by atoms with E-state index in [4.69, 9.17) is 0 Å². The van der Waals surface area contributed by atoms with Crippen LogP contribution in [0.2, 0.25) is 0 Å². The highest BCUT2D eigenvalue weighted by molar-refractivity contribution is 8.01. The molecule has 1 aliphatic rings. The number of rotatable bonds is 6. The maximum absolute atomic E-state index is 13.5. The predicted octanol–water partition coefficient (Wildman–Crippen LogP) is 4.80. The number of nitrogens with zero attached hydrogens (tertiary/aromatic N) is 2. The van der Waals surface area contributed by atoms with Gasteiger partial charge in [0, 0.05) is 35.2 Å². The zero-order valence-corrected chi connectivity index (χ0v) is 18.9. The number of amides is 2. The average Bonchev–Trinajstić information content (AvgIpc) is 3.28. The van der Waals surface area contributed by atoms with Crippen molar-refractivity contribution in [2.75, 3.05) is 5.32 Å². The molecule has 2 amide bonds. The molecule has 0 bridgehead atoms. The smallest absolute Gasteiger partial charge is 0.238 e. The van der Waals surface area contributed by atoms with Crippen LogP contribution in [-0.4, -0.2) is 26.8 Å². The van der Waals surface area contributed by atoms with E-state index in [1.54, 1.807) is 16.8 Å². The van der Waals surface area contributed by atoms with Crippen LogP contribution in [0.1, 0.15) is 12.0 Å². The van der Waals surface area contributed by atoms with Gasteiger partial charge in [-0.1, -0.05) is 30.3 Å². The molecule has 3 aromatic carbocycles. The molecule has 0 radical (unpaired) electrons. The normalized spacial score (nSPS) is 14.9. The van der Waals surface area contributed by atoms with E-state index in [9.17, 15) is 14.0 Å². The molecule has 0 saturated heterocycles. The Labute approximate surface area is 200 Å². The fraction of sp³-hybridized carbons (Fsp3) is 0.115. The zero-order chi connectivity index (χ0) is 23.5. The second-order valence-corrected chi connectivity index (χ2v) is 9.11. The predicted molar refractivity (Wildman–Crippen MR) is 130 cm³/mol. The molecule has 2 heterocycles. The van der Waals surface area contributed by atoms with Crippen LogP contribution in [0.5, 0.6) is 0 Å². The van der Waals surface area contributed by atoms with Gasteiger partial charge in [-0.3, -0.25) is 9.59 Å². The molecule has 4 aromatic rings. The van der Waals surface area contributed by atoms with Crippen LogP contribution in [0.15, 0.2) is 90.0 Å². The van der Waals surface area contributed by atoms with Crippen molar-refractivity contribution in [3.05, 3.63) is 96.4 Å². The SMILES string of the molecule is O=C(C[C@H]1Sc2ccccc2NC1=O)NCc1cn(-c2ccccc2)nc1-c1ccc(F)cc1. The molecule has 8 heteroatoms. The highest BCUT2D eigenvalue weighted by atomic mass is 32.2. The summed E-state index contributed by atoms with van der Waals surface area (Å²) >= 11 is 1.39. The Morgan fingerprint density at radius 2 is 1.76 bits per heavy atom. The minimum atomic E-state index is -0.501. The third-order valence-electron chi connectivity index (χ3n) is 5.48. The first kappa shape index (κ1) is 21.9. The fourth-order valence-corrected chi connectivity index (χ4v) is 4.87. The molecular formula is C26H21FN4O2S. The number of para-hydroxylation sites is 2. The minimum Gasteiger partial charge on any atom is -0.352 e. The van der Waals surface area contributed by atoms with Crippen LogP contribution >= 0.6 is 11.8 Å². The summed E-state index contributed by atoms with van der Waals surface area (Å²) in [6.07, 6.45) is 1.91. The monoisotopic (exact) mass is 472 g/mol. The Hall–Kier alpha value is -3.91. The summed E-state index contributed by atoms with van der Waals surface area (Å²) < 4.78 is 15.2. The molecule has 1 aliphatic heterocycles. The summed E-state index contributed by atoms with van der Waals surface area (Å²) in [5.74, 6) is -0.738. The van der Waals surface area contributed by atoms with E-state index in [0.29, 0.717) is 5.69 Å². The number of anilines is 1. The molecule has 0 aliphatic carbocycles. The number of hydrogen-bond acceptors (Lipinski definition) is 4. The van der Waals surface area contributed by atoms with Gasteiger partial charge in [0.2, 0.25) is 11.8 Å². The maximum atomic E-state index is 13.5. The third-order valence-corrected chi connectivity index (χ3v) is 6.76. The largest absolute Gasteiger partial charge is 0.352 e. The van der Waals surface area contributed by atoms with E-state index < -0.39 is 5.25 Å². The molecule has 2 N–H and O–H groups in total. The van der Waals surface area contributed by atoms with Crippen molar-refractivity contribution in [2.45, 2.75) is 23.1 Å². The van der Waals surface area contributed by atoms with Gasteiger partial charge in [0.15, 0.2) is 0 Å². The number of fused-ring (bicyclic) bond motifs is 1. The lowest BCUT2D eigenvalue weighted by molar-refractivity contribution is -0.124. The van der Waals surface area contributed by atoms with Crippen LogP contribution in [0.4, 0.5) is 10.1 Å². The van der Waals surface area contributed by atoms with Crippen molar-refractivity contribution in [1.82, 2.24) is 15.1 Å². The van der Waals surface area contributed by atoms with Crippen LogP contribution in [-0.2, 0) is 16.1 Å². The van der Waals surface area contributed by atoms with Crippen LogP contribution in [0.25, 0.3) is 16.9 Å². The summed E-state index contributed by atoms with van der Waals surface area (Å²) in [7, 11) is 0. The summed E-state index contributed by atoms with van der Waals surface area (Å²) in [6.45, 7) is 0.230. The lowest BCUT2D eigenvalue weighted by Gasteiger charge is -2.23. The van der Waals surface area contributed by atoms with Gasteiger partial charge < -0.3 is 10.6 Å². The van der Waals surface area contributed by atoms with Crippen molar-refractivity contribution in [1.29, 1.82) is 0 Å². The van der Waals surface area contributed by atoms with Crippen LogP contribution in [0.3, 0.4) is 0 Å². The second kappa shape index (κ2) is 9.52.